The summed E-state index contributed by atoms with van der Waals surface area (Å²) in [7, 11) is -3.72. The van der Waals surface area contributed by atoms with Crippen molar-refractivity contribution in [3.8, 4) is 11.5 Å². The van der Waals surface area contributed by atoms with Crippen LogP contribution in [0.3, 0.4) is 0 Å². The van der Waals surface area contributed by atoms with Gasteiger partial charge in [-0.05, 0) is 42.0 Å². The van der Waals surface area contributed by atoms with Gasteiger partial charge in [-0.25, -0.2) is 8.42 Å². The van der Waals surface area contributed by atoms with E-state index in [0.29, 0.717) is 27.7 Å². The van der Waals surface area contributed by atoms with E-state index in [-0.39, 0.29) is 16.4 Å². The van der Waals surface area contributed by atoms with Gasteiger partial charge in [0.2, 0.25) is 0 Å². The number of fused-ring (bicyclic) bond motifs is 2. The second kappa shape index (κ2) is 4.97. The Morgan fingerprint density at radius 2 is 1.92 bits per heavy atom. The SMILES string of the molecule is O=S1(=O)Nc2ccc(O)cc2C1=Cc1ccc(O)c2ncccc12. The van der Waals surface area contributed by atoms with E-state index in [2.05, 4.69) is 9.71 Å². The minimum absolute atomic E-state index is 0.0178. The molecular weight excluding hydrogens is 328 g/mol. The maximum absolute atomic E-state index is 12.4. The van der Waals surface area contributed by atoms with E-state index in [1.807, 2.05) is 0 Å². The Hall–Kier alpha value is -3.06. The van der Waals surface area contributed by atoms with Gasteiger partial charge in [0.25, 0.3) is 10.0 Å². The molecule has 0 spiro atoms. The molecule has 4 rings (SSSR count). The lowest BCUT2D eigenvalue weighted by Gasteiger charge is -2.05. The zero-order valence-electron chi connectivity index (χ0n) is 12.3. The molecule has 0 unspecified atom stereocenters. The Morgan fingerprint density at radius 1 is 1.08 bits per heavy atom. The monoisotopic (exact) mass is 340 g/mol. The van der Waals surface area contributed by atoms with Crippen molar-refractivity contribution in [1.29, 1.82) is 0 Å². The molecule has 24 heavy (non-hydrogen) atoms. The molecule has 3 N–H and O–H groups in total. The number of aromatic nitrogens is 1. The molecule has 2 aromatic carbocycles. The van der Waals surface area contributed by atoms with Gasteiger partial charge in [-0.1, -0.05) is 12.1 Å². The number of benzene rings is 2. The minimum atomic E-state index is -3.72. The van der Waals surface area contributed by atoms with E-state index in [4.69, 9.17) is 0 Å². The molecular formula is C17H12N2O4S. The Balaban J connectivity index is 2.00. The zero-order chi connectivity index (χ0) is 16.9. The highest BCUT2D eigenvalue weighted by Gasteiger charge is 2.30. The second-order valence-corrected chi connectivity index (χ2v) is 7.07. The molecule has 3 aromatic rings. The summed E-state index contributed by atoms with van der Waals surface area (Å²) in [4.78, 5) is 4.19. The number of aromatic hydroxyl groups is 2. The molecule has 6 nitrogen and oxygen atoms in total. The average Bonchev–Trinajstić information content (AvgIpc) is 2.80. The predicted molar refractivity (Wildman–Crippen MR) is 91.9 cm³/mol. The van der Waals surface area contributed by atoms with Crippen molar-refractivity contribution in [3.63, 3.8) is 0 Å². The first-order valence-electron chi connectivity index (χ1n) is 7.10. The van der Waals surface area contributed by atoms with Gasteiger partial charge in [-0.15, -0.1) is 0 Å². The van der Waals surface area contributed by atoms with Crippen LogP contribution in [0.5, 0.6) is 11.5 Å². The van der Waals surface area contributed by atoms with Gasteiger partial charge >= 0.3 is 0 Å². The third-order valence-electron chi connectivity index (χ3n) is 3.87. The third kappa shape index (κ3) is 2.17. The summed E-state index contributed by atoms with van der Waals surface area (Å²) >= 11 is 0. The van der Waals surface area contributed by atoms with Crippen LogP contribution in [-0.4, -0.2) is 23.6 Å². The Bertz CT molecular complexity index is 1120. The third-order valence-corrected chi connectivity index (χ3v) is 5.28. The lowest BCUT2D eigenvalue weighted by molar-refractivity contribution is 0.475. The van der Waals surface area contributed by atoms with Crippen molar-refractivity contribution in [2.75, 3.05) is 4.72 Å². The Morgan fingerprint density at radius 3 is 2.75 bits per heavy atom. The number of phenolic OH excluding ortho intramolecular Hbond substituents is 2. The van der Waals surface area contributed by atoms with Crippen molar-refractivity contribution in [1.82, 2.24) is 4.98 Å². The maximum Gasteiger partial charge on any atom is 0.262 e. The van der Waals surface area contributed by atoms with Crippen molar-refractivity contribution >= 4 is 37.6 Å². The van der Waals surface area contributed by atoms with E-state index >= 15 is 0 Å². The first kappa shape index (κ1) is 14.5. The molecule has 0 saturated carbocycles. The fourth-order valence-corrected chi connectivity index (χ4v) is 4.09. The summed E-state index contributed by atoms with van der Waals surface area (Å²) < 4.78 is 27.3. The molecule has 1 aromatic heterocycles. The number of rotatable bonds is 1. The molecule has 0 radical (unpaired) electrons. The van der Waals surface area contributed by atoms with Gasteiger partial charge in [0.05, 0.1) is 10.6 Å². The summed E-state index contributed by atoms with van der Waals surface area (Å²) in [6.45, 7) is 0. The van der Waals surface area contributed by atoms with E-state index < -0.39 is 10.0 Å². The number of nitrogens with zero attached hydrogens (tertiary/aromatic N) is 1. The van der Waals surface area contributed by atoms with Crippen LogP contribution in [0.25, 0.3) is 21.9 Å². The van der Waals surface area contributed by atoms with E-state index in [0.717, 1.165) is 0 Å². The Labute approximate surface area is 137 Å². The fourth-order valence-electron chi connectivity index (χ4n) is 2.77. The van der Waals surface area contributed by atoms with Crippen LogP contribution >= 0.6 is 0 Å². The van der Waals surface area contributed by atoms with Crippen LogP contribution in [0.15, 0.2) is 48.7 Å². The summed E-state index contributed by atoms with van der Waals surface area (Å²) in [5.41, 5.74) is 1.82. The number of pyridine rings is 1. The number of anilines is 1. The predicted octanol–water partition coefficient (Wildman–Crippen LogP) is 2.90. The van der Waals surface area contributed by atoms with Crippen molar-refractivity contribution in [2.45, 2.75) is 0 Å². The summed E-state index contributed by atoms with van der Waals surface area (Å²) in [5, 5.41) is 20.2. The summed E-state index contributed by atoms with van der Waals surface area (Å²) in [6, 6.07) is 10.9. The van der Waals surface area contributed by atoms with Crippen LogP contribution in [0.1, 0.15) is 11.1 Å². The number of hydrogen-bond acceptors (Lipinski definition) is 5. The molecule has 7 heteroatoms. The number of nitrogens with one attached hydrogen (secondary N) is 1. The van der Waals surface area contributed by atoms with Crippen molar-refractivity contribution in [3.05, 3.63) is 59.8 Å². The standard InChI is InChI=1S/C17H12N2O4S/c20-11-4-5-14-13(9-11)16(24(22,23)19-14)8-10-3-6-15(21)17-12(10)2-1-7-18-17/h1-9,19-21H. The van der Waals surface area contributed by atoms with Gasteiger partial charge in [0.15, 0.2) is 0 Å². The van der Waals surface area contributed by atoms with Crippen LogP contribution < -0.4 is 4.72 Å². The number of phenols is 2. The van der Waals surface area contributed by atoms with Gasteiger partial charge < -0.3 is 10.2 Å². The molecule has 0 bridgehead atoms. The first-order valence-corrected chi connectivity index (χ1v) is 8.59. The molecule has 2 heterocycles. The summed E-state index contributed by atoms with van der Waals surface area (Å²) in [5.74, 6) is 0.00831. The molecule has 1 aliphatic heterocycles. The minimum Gasteiger partial charge on any atom is -0.508 e. The highest BCUT2D eigenvalue weighted by atomic mass is 32.2. The zero-order valence-corrected chi connectivity index (χ0v) is 13.1. The van der Waals surface area contributed by atoms with Gasteiger partial charge in [0, 0.05) is 17.1 Å². The average molecular weight is 340 g/mol. The van der Waals surface area contributed by atoms with E-state index in [1.165, 1.54) is 30.3 Å². The molecule has 0 amide bonds. The number of hydrogen-bond donors (Lipinski definition) is 3. The van der Waals surface area contributed by atoms with Gasteiger partial charge in [0.1, 0.15) is 17.0 Å². The van der Waals surface area contributed by atoms with Crippen LogP contribution in [0.4, 0.5) is 5.69 Å². The quantitative estimate of drug-likeness (QED) is 0.592. The van der Waals surface area contributed by atoms with Crippen LogP contribution in [-0.2, 0) is 10.0 Å². The lowest BCUT2D eigenvalue weighted by atomic mass is 10.1. The smallest absolute Gasteiger partial charge is 0.262 e. The second-order valence-electron chi connectivity index (χ2n) is 5.42. The highest BCUT2D eigenvalue weighted by Crippen LogP contribution is 2.40. The fraction of sp³-hybridized carbons (Fsp3) is 0. The normalized spacial score (nSPS) is 16.9. The molecule has 0 fully saturated rings. The molecule has 120 valence electrons. The summed E-state index contributed by atoms with van der Waals surface area (Å²) in [6.07, 6.45) is 3.07. The topological polar surface area (TPSA) is 99.5 Å². The highest BCUT2D eigenvalue weighted by molar-refractivity contribution is 8.02. The maximum atomic E-state index is 12.4. The van der Waals surface area contributed by atoms with E-state index in [1.54, 1.807) is 24.4 Å². The van der Waals surface area contributed by atoms with E-state index in [9.17, 15) is 18.6 Å². The van der Waals surface area contributed by atoms with Crippen LogP contribution in [0.2, 0.25) is 0 Å². The van der Waals surface area contributed by atoms with Crippen molar-refractivity contribution < 1.29 is 18.6 Å². The largest absolute Gasteiger partial charge is 0.508 e. The number of sulfonamides is 1. The van der Waals surface area contributed by atoms with Crippen LogP contribution in [0, 0.1) is 0 Å². The van der Waals surface area contributed by atoms with Gasteiger partial charge in [-0.3, -0.25) is 9.71 Å². The Kier molecular flexibility index (Phi) is 3.01. The first-order chi connectivity index (χ1) is 11.5. The molecule has 1 aliphatic rings. The molecule has 0 atom stereocenters. The molecule has 0 saturated heterocycles. The van der Waals surface area contributed by atoms with Crippen molar-refractivity contribution in [2.24, 2.45) is 0 Å². The van der Waals surface area contributed by atoms with Gasteiger partial charge in [-0.2, -0.15) is 0 Å². The molecule has 0 aliphatic carbocycles. The lowest BCUT2D eigenvalue weighted by Crippen LogP contribution is -2.05.